The van der Waals surface area contributed by atoms with Crippen LogP contribution in [0.1, 0.15) is 69.5 Å². The van der Waals surface area contributed by atoms with E-state index in [1.54, 1.807) is 24.5 Å². The number of ketones is 2. The summed E-state index contributed by atoms with van der Waals surface area (Å²) >= 11 is 0. The van der Waals surface area contributed by atoms with E-state index >= 15 is 0 Å². The van der Waals surface area contributed by atoms with E-state index in [-0.39, 0.29) is 35.8 Å². The van der Waals surface area contributed by atoms with Gasteiger partial charge < -0.3 is 9.84 Å². The minimum atomic E-state index is -0.852. The standard InChI is InChI=1S/C21H29NO5/c1-27-21(26)7-5-3-2-4-6-16-17(8-9-18(16)23)20(25)14-19(24)15-10-12-22-13-11-15/h10-13,16-17,19,24H,2-9,14H2,1H3. The molecular formula is C21H29NO5. The number of carbonyl (C=O) groups excluding carboxylic acids is 3. The number of carbonyl (C=O) groups is 3. The first kappa shape index (κ1) is 21.2. The van der Waals surface area contributed by atoms with Gasteiger partial charge in [-0.25, -0.2) is 0 Å². The van der Waals surface area contributed by atoms with Crippen LogP contribution in [0.5, 0.6) is 0 Å². The summed E-state index contributed by atoms with van der Waals surface area (Å²) in [6.45, 7) is 0. The molecule has 3 atom stereocenters. The smallest absolute Gasteiger partial charge is 0.305 e. The van der Waals surface area contributed by atoms with Gasteiger partial charge in [0.1, 0.15) is 11.6 Å². The van der Waals surface area contributed by atoms with Crippen molar-refractivity contribution in [3.8, 4) is 0 Å². The van der Waals surface area contributed by atoms with E-state index in [4.69, 9.17) is 0 Å². The summed E-state index contributed by atoms with van der Waals surface area (Å²) in [6.07, 6.45) is 8.04. The van der Waals surface area contributed by atoms with E-state index in [1.165, 1.54) is 7.11 Å². The van der Waals surface area contributed by atoms with Crippen LogP contribution in [-0.4, -0.2) is 34.7 Å². The van der Waals surface area contributed by atoms with E-state index in [9.17, 15) is 19.5 Å². The largest absolute Gasteiger partial charge is 0.469 e. The van der Waals surface area contributed by atoms with E-state index in [0.29, 0.717) is 31.2 Å². The number of aromatic nitrogens is 1. The average Bonchev–Trinajstić information content (AvgIpc) is 3.05. The maximum atomic E-state index is 12.6. The number of aliphatic hydroxyl groups is 1. The van der Waals surface area contributed by atoms with Crippen molar-refractivity contribution in [1.82, 2.24) is 4.98 Å². The second-order valence-electron chi connectivity index (χ2n) is 7.21. The Labute approximate surface area is 160 Å². The van der Waals surface area contributed by atoms with Gasteiger partial charge in [0, 0.05) is 43.5 Å². The molecule has 0 saturated heterocycles. The third-order valence-corrected chi connectivity index (χ3v) is 5.37. The van der Waals surface area contributed by atoms with Crippen LogP contribution in [0.15, 0.2) is 24.5 Å². The number of hydrogen-bond acceptors (Lipinski definition) is 6. The molecule has 1 heterocycles. The van der Waals surface area contributed by atoms with Crippen LogP contribution < -0.4 is 0 Å². The van der Waals surface area contributed by atoms with Gasteiger partial charge in [-0.1, -0.05) is 19.3 Å². The molecule has 1 N–H and O–H groups in total. The van der Waals surface area contributed by atoms with Crippen LogP contribution in [0.4, 0.5) is 0 Å². The van der Waals surface area contributed by atoms with Crippen LogP contribution in [0.25, 0.3) is 0 Å². The lowest BCUT2D eigenvalue weighted by atomic mass is 9.84. The van der Waals surface area contributed by atoms with Crippen molar-refractivity contribution in [3.05, 3.63) is 30.1 Å². The Kier molecular flexibility index (Phi) is 8.58. The molecule has 0 aliphatic heterocycles. The first-order valence-electron chi connectivity index (χ1n) is 9.73. The van der Waals surface area contributed by atoms with Crippen LogP contribution in [0.3, 0.4) is 0 Å². The first-order valence-corrected chi connectivity index (χ1v) is 9.73. The highest BCUT2D eigenvalue weighted by Crippen LogP contribution is 2.35. The number of Topliss-reactive ketones (excluding diaryl/α,β-unsaturated/α-hetero) is 2. The van der Waals surface area contributed by atoms with E-state index < -0.39 is 6.10 Å². The molecule has 1 aromatic heterocycles. The van der Waals surface area contributed by atoms with E-state index in [2.05, 4.69) is 9.72 Å². The zero-order valence-corrected chi connectivity index (χ0v) is 15.9. The van der Waals surface area contributed by atoms with Crippen molar-refractivity contribution < 1.29 is 24.2 Å². The minimum absolute atomic E-state index is 0.0270. The Morgan fingerprint density at radius 2 is 1.93 bits per heavy atom. The fourth-order valence-electron chi connectivity index (χ4n) is 3.79. The third-order valence-electron chi connectivity index (χ3n) is 5.37. The normalized spacial score (nSPS) is 20.4. The average molecular weight is 375 g/mol. The monoisotopic (exact) mass is 375 g/mol. The van der Waals surface area contributed by atoms with E-state index in [1.807, 2.05) is 0 Å². The zero-order chi connectivity index (χ0) is 19.6. The Bertz CT molecular complexity index is 631. The van der Waals surface area contributed by atoms with Crippen LogP contribution in [0.2, 0.25) is 0 Å². The summed E-state index contributed by atoms with van der Waals surface area (Å²) in [7, 11) is 1.39. The number of esters is 1. The highest BCUT2D eigenvalue weighted by atomic mass is 16.5. The number of pyridine rings is 1. The molecule has 6 heteroatoms. The molecule has 1 aromatic rings. The van der Waals surface area contributed by atoms with Gasteiger partial charge in [0.15, 0.2) is 0 Å². The first-order chi connectivity index (χ1) is 13.0. The maximum Gasteiger partial charge on any atom is 0.305 e. The molecule has 6 nitrogen and oxygen atoms in total. The SMILES string of the molecule is COC(=O)CCCCCCC1C(=O)CCC1C(=O)CC(O)c1ccncc1. The van der Waals surface area contributed by atoms with Gasteiger partial charge in [0.05, 0.1) is 13.2 Å². The van der Waals surface area contributed by atoms with Gasteiger partial charge in [-0.05, 0) is 37.0 Å². The summed E-state index contributed by atoms with van der Waals surface area (Å²) < 4.78 is 4.61. The van der Waals surface area contributed by atoms with Crippen molar-refractivity contribution >= 4 is 17.5 Å². The molecule has 1 fully saturated rings. The molecular weight excluding hydrogens is 346 g/mol. The minimum Gasteiger partial charge on any atom is -0.469 e. The molecule has 0 aromatic carbocycles. The molecule has 1 aliphatic rings. The number of rotatable bonds is 11. The van der Waals surface area contributed by atoms with Gasteiger partial charge >= 0.3 is 5.97 Å². The fraction of sp³-hybridized carbons (Fsp3) is 0.619. The number of methoxy groups -OCH3 is 1. The summed E-state index contributed by atoms with van der Waals surface area (Å²) in [5, 5.41) is 10.3. The number of nitrogens with zero attached hydrogens (tertiary/aromatic N) is 1. The Morgan fingerprint density at radius 1 is 1.22 bits per heavy atom. The molecule has 0 bridgehead atoms. The van der Waals surface area contributed by atoms with Crippen molar-refractivity contribution in [2.75, 3.05) is 7.11 Å². The lowest BCUT2D eigenvalue weighted by molar-refractivity contribution is -0.140. The second-order valence-corrected chi connectivity index (χ2v) is 7.21. The van der Waals surface area contributed by atoms with Crippen molar-refractivity contribution in [3.63, 3.8) is 0 Å². The molecule has 1 aliphatic carbocycles. The van der Waals surface area contributed by atoms with E-state index in [0.717, 1.165) is 25.7 Å². The van der Waals surface area contributed by atoms with Crippen molar-refractivity contribution in [2.45, 2.75) is 63.9 Å². The zero-order valence-electron chi connectivity index (χ0n) is 15.9. The van der Waals surface area contributed by atoms with Crippen molar-refractivity contribution in [2.24, 2.45) is 11.8 Å². The van der Waals surface area contributed by atoms with Crippen LogP contribution in [-0.2, 0) is 19.1 Å². The topological polar surface area (TPSA) is 93.6 Å². The van der Waals surface area contributed by atoms with Gasteiger partial charge in [-0.2, -0.15) is 0 Å². The predicted octanol–water partition coefficient (Wildman–Crippen LogP) is 3.18. The number of ether oxygens (including phenoxy) is 1. The fourth-order valence-corrected chi connectivity index (χ4v) is 3.79. The predicted molar refractivity (Wildman–Crippen MR) is 99.8 cm³/mol. The maximum absolute atomic E-state index is 12.6. The Hall–Kier alpha value is -2.08. The molecule has 1 saturated carbocycles. The molecule has 2 rings (SSSR count). The molecule has 3 unspecified atom stereocenters. The quantitative estimate of drug-likeness (QED) is 0.472. The molecule has 0 spiro atoms. The van der Waals surface area contributed by atoms with Gasteiger partial charge in [-0.15, -0.1) is 0 Å². The van der Waals surface area contributed by atoms with Crippen molar-refractivity contribution in [1.29, 1.82) is 0 Å². The highest BCUT2D eigenvalue weighted by Gasteiger charge is 2.38. The lowest BCUT2D eigenvalue weighted by Crippen LogP contribution is -2.24. The number of unbranched alkanes of at least 4 members (excludes halogenated alkanes) is 3. The second kappa shape index (κ2) is 10.9. The van der Waals surface area contributed by atoms with Gasteiger partial charge in [-0.3, -0.25) is 19.4 Å². The molecule has 148 valence electrons. The Balaban J connectivity index is 1.77. The molecule has 0 amide bonds. The Morgan fingerprint density at radius 3 is 2.63 bits per heavy atom. The van der Waals surface area contributed by atoms with Crippen LogP contribution in [0, 0.1) is 11.8 Å². The summed E-state index contributed by atoms with van der Waals surface area (Å²) in [5.41, 5.74) is 0.671. The molecule has 0 radical (unpaired) electrons. The summed E-state index contributed by atoms with van der Waals surface area (Å²) in [6, 6.07) is 3.40. The van der Waals surface area contributed by atoms with Gasteiger partial charge in [0.25, 0.3) is 0 Å². The lowest BCUT2D eigenvalue weighted by Gasteiger charge is -2.19. The number of aliphatic hydroxyl groups excluding tert-OH is 1. The third kappa shape index (κ3) is 6.54. The number of hydrogen-bond donors (Lipinski definition) is 1. The highest BCUT2D eigenvalue weighted by molar-refractivity contribution is 5.93. The summed E-state index contributed by atoms with van der Waals surface area (Å²) in [5.74, 6) is -0.548. The van der Waals surface area contributed by atoms with Crippen LogP contribution >= 0.6 is 0 Å². The molecule has 27 heavy (non-hydrogen) atoms. The van der Waals surface area contributed by atoms with Gasteiger partial charge in [0.2, 0.25) is 0 Å². The summed E-state index contributed by atoms with van der Waals surface area (Å²) in [4.78, 5) is 39.8.